The minimum atomic E-state index is -0.152. The van der Waals surface area contributed by atoms with E-state index in [-0.39, 0.29) is 11.5 Å². The first-order valence-electron chi connectivity index (χ1n) is 16.7. The average molecular weight is 941 g/mol. The van der Waals surface area contributed by atoms with Gasteiger partial charge in [-0.2, -0.15) is 0 Å². The molecule has 1 N–H and O–H groups in total. The van der Waals surface area contributed by atoms with Crippen LogP contribution in [0.2, 0.25) is 0 Å². The molecule has 0 aliphatic heterocycles. The van der Waals surface area contributed by atoms with Crippen LogP contribution in [0.4, 0.5) is 5.69 Å². The molecule has 0 bridgehead atoms. The first-order chi connectivity index (χ1) is 25.2. The summed E-state index contributed by atoms with van der Waals surface area (Å²) in [5, 5.41) is 11.3. The van der Waals surface area contributed by atoms with Crippen molar-refractivity contribution in [3.63, 3.8) is 0 Å². The fourth-order valence-electron chi connectivity index (χ4n) is 6.33. The summed E-state index contributed by atoms with van der Waals surface area (Å²) in [7, 11) is 0. The summed E-state index contributed by atoms with van der Waals surface area (Å²) < 4.78 is 6.48. The number of halogens is 4. The third kappa shape index (κ3) is 8.58. The molecule has 5 aromatic carbocycles. The van der Waals surface area contributed by atoms with Gasteiger partial charge in [-0.15, -0.1) is 0 Å². The van der Waals surface area contributed by atoms with Crippen LogP contribution in [0.3, 0.4) is 0 Å². The maximum atomic E-state index is 13.6. The van der Waals surface area contributed by atoms with E-state index in [9.17, 15) is 9.90 Å². The van der Waals surface area contributed by atoms with Gasteiger partial charge in [0.15, 0.2) is 13.1 Å². The molecule has 0 radical (unpaired) electrons. The number of rotatable bonds is 10. The maximum Gasteiger partial charge on any atom is 0.201 e. The lowest BCUT2D eigenvalue weighted by molar-refractivity contribution is -0.558. The van der Waals surface area contributed by atoms with Gasteiger partial charge < -0.3 is 10.0 Å². The van der Waals surface area contributed by atoms with Gasteiger partial charge in [-0.05, 0) is 95.1 Å². The summed E-state index contributed by atoms with van der Waals surface area (Å²) in [4.78, 5) is 15.9. The second-order valence-electron chi connectivity index (χ2n) is 12.7. The third-order valence-corrected chi connectivity index (χ3v) is 11.2. The zero-order valence-electron chi connectivity index (χ0n) is 27.9. The molecule has 0 aromatic heterocycles. The third-order valence-electron chi connectivity index (χ3n) is 9.12. The second kappa shape index (κ2) is 16.3. The lowest BCUT2D eigenvalue weighted by atomic mass is 9.80. The van der Waals surface area contributed by atoms with Crippen LogP contribution in [0, 0.1) is 0 Å². The lowest BCUT2D eigenvalue weighted by Crippen LogP contribution is -2.24. The quantitative estimate of drug-likeness (QED) is 0.112. The van der Waals surface area contributed by atoms with Crippen LogP contribution in [-0.2, 0) is 31.0 Å². The fraction of sp³-hybridized carbons (Fsp3) is 0.0909. The zero-order chi connectivity index (χ0) is 36.2. The molecule has 8 heteroatoms. The molecule has 7 rings (SSSR count). The van der Waals surface area contributed by atoms with Crippen molar-refractivity contribution in [2.75, 3.05) is 4.90 Å². The molecule has 5 aromatic rings. The number of allylic oxidation sites excluding steroid dienone is 7. The van der Waals surface area contributed by atoms with E-state index in [4.69, 9.17) is 0 Å². The largest absolute Gasteiger partial charge is 0.506 e. The Balaban J connectivity index is 1.13. The van der Waals surface area contributed by atoms with E-state index in [0.29, 0.717) is 48.5 Å². The summed E-state index contributed by atoms with van der Waals surface area (Å²) in [5.41, 5.74) is 8.91. The van der Waals surface area contributed by atoms with E-state index in [2.05, 4.69) is 170 Å². The van der Waals surface area contributed by atoms with Crippen LogP contribution in [0.5, 0.6) is 0 Å². The number of hydrogen-bond donors (Lipinski definition) is 1. The van der Waals surface area contributed by atoms with Crippen molar-refractivity contribution in [1.82, 2.24) is 0 Å². The van der Waals surface area contributed by atoms with E-state index >= 15 is 0 Å². The van der Waals surface area contributed by atoms with Gasteiger partial charge in [-0.1, -0.05) is 124 Å². The number of hydrogen-bond acceptors (Lipinski definition) is 3. The van der Waals surface area contributed by atoms with E-state index in [1.807, 2.05) is 48.6 Å². The molecular weight excluding hydrogens is 908 g/mol. The molecule has 0 unspecified atom stereocenters. The summed E-state index contributed by atoms with van der Waals surface area (Å²) in [6, 6.07) is 41.3. The molecule has 2 aliphatic carbocycles. The molecule has 0 heterocycles. The minimum absolute atomic E-state index is 0.0358. The van der Waals surface area contributed by atoms with Crippen molar-refractivity contribution in [2.45, 2.75) is 26.2 Å². The van der Waals surface area contributed by atoms with Crippen molar-refractivity contribution < 1.29 is 14.5 Å². The Hall–Kier alpha value is -4.08. The molecule has 0 amide bonds. The van der Waals surface area contributed by atoms with Crippen molar-refractivity contribution >= 4 is 86.5 Å². The van der Waals surface area contributed by atoms with Crippen LogP contribution in [0.25, 0.3) is 5.57 Å². The highest BCUT2D eigenvalue weighted by Gasteiger charge is 2.36. The molecule has 0 saturated carbocycles. The van der Waals surface area contributed by atoms with Crippen molar-refractivity contribution in [1.29, 1.82) is 0 Å². The molecular formula is C44H33Br4N2O2+. The number of aliphatic hydroxyl groups excluding tert-OH is 1. The molecule has 258 valence electrons. The Kier molecular flexibility index (Phi) is 11.4. The van der Waals surface area contributed by atoms with Gasteiger partial charge in [-0.3, -0.25) is 4.79 Å². The Morgan fingerprint density at radius 3 is 1.31 bits per heavy atom. The van der Waals surface area contributed by atoms with E-state index < -0.39 is 0 Å². The maximum absolute atomic E-state index is 13.6. The number of benzene rings is 5. The summed E-state index contributed by atoms with van der Waals surface area (Å²) in [5.74, 6) is -0.116. The van der Waals surface area contributed by atoms with E-state index in [1.54, 1.807) is 0 Å². The predicted molar refractivity (Wildman–Crippen MR) is 225 cm³/mol. The Labute approximate surface area is 337 Å². The van der Waals surface area contributed by atoms with E-state index in [0.717, 1.165) is 29.3 Å². The molecule has 0 atom stereocenters. The van der Waals surface area contributed by atoms with Crippen LogP contribution in [0.1, 0.15) is 27.8 Å². The van der Waals surface area contributed by atoms with Crippen LogP contribution in [-0.4, -0.2) is 21.2 Å². The molecule has 2 aliphatic rings. The standard InChI is InChI=1S/C44H32Br4N2O2/c45-35-13-1-29(2-14-35)25-49(26-30-3-15-36(46)16-4-30)39-21-9-33(10-22-39)41-43(51)42(44(41)52)34-11-23-40(24-12-34)50(27-31-5-17-37(47)18-6-31)28-32-7-19-38(48)20-8-32/h1-24H,25-28H2/p+1. The predicted octanol–water partition coefficient (Wildman–Crippen LogP) is 12.1. The van der Waals surface area contributed by atoms with Crippen molar-refractivity contribution in [3.05, 3.63) is 208 Å². The summed E-state index contributed by atoms with van der Waals surface area (Å²) >= 11 is 14.2. The monoisotopic (exact) mass is 937 g/mol. The van der Waals surface area contributed by atoms with Gasteiger partial charge >= 0.3 is 0 Å². The average Bonchev–Trinajstić information content (AvgIpc) is 3.15. The Bertz CT molecular complexity index is 2150. The smallest absolute Gasteiger partial charge is 0.201 e. The summed E-state index contributed by atoms with van der Waals surface area (Å²) in [6.07, 6.45) is 7.91. The Morgan fingerprint density at radius 2 is 0.904 bits per heavy atom. The summed E-state index contributed by atoms with van der Waals surface area (Å²) in [6.45, 7) is 2.86. The molecule has 0 saturated heterocycles. The number of carbonyl (C=O) groups excluding carboxylic acids is 1. The molecule has 0 fully saturated rings. The van der Waals surface area contributed by atoms with Gasteiger partial charge in [-0.25, -0.2) is 4.58 Å². The zero-order valence-corrected chi connectivity index (χ0v) is 34.3. The number of ketones is 1. The van der Waals surface area contributed by atoms with Gasteiger partial charge in [0.1, 0.15) is 5.76 Å². The van der Waals surface area contributed by atoms with Crippen LogP contribution < -0.4 is 4.90 Å². The number of nitrogens with zero attached hydrogens (tertiary/aromatic N) is 2. The first kappa shape index (κ1) is 36.3. The highest BCUT2D eigenvalue weighted by atomic mass is 79.9. The van der Waals surface area contributed by atoms with Gasteiger partial charge in [0.25, 0.3) is 0 Å². The normalized spacial score (nSPS) is 13.8. The van der Waals surface area contributed by atoms with Crippen molar-refractivity contribution in [3.8, 4) is 0 Å². The van der Waals surface area contributed by atoms with Crippen LogP contribution in [0.15, 0.2) is 180 Å². The Morgan fingerprint density at radius 1 is 0.500 bits per heavy atom. The van der Waals surface area contributed by atoms with Gasteiger partial charge in [0.05, 0.1) is 11.1 Å². The van der Waals surface area contributed by atoms with Crippen molar-refractivity contribution in [2.24, 2.45) is 0 Å². The number of carbonyl (C=O) groups is 1. The highest BCUT2D eigenvalue weighted by molar-refractivity contribution is 9.11. The molecule has 52 heavy (non-hydrogen) atoms. The minimum Gasteiger partial charge on any atom is -0.506 e. The highest BCUT2D eigenvalue weighted by Crippen LogP contribution is 2.39. The SMILES string of the molecule is O=C1C(=C2C=CC(=[N+](Cc3ccc(Br)cc3)Cc3ccc(Br)cc3)C=C2)C(O)=C1c1ccc(N(Cc2ccc(Br)cc2)Cc2ccc(Br)cc2)cc1. The molecule has 4 nitrogen and oxygen atoms in total. The number of aliphatic hydroxyl groups is 1. The van der Waals surface area contributed by atoms with Gasteiger partial charge in [0, 0.05) is 59.9 Å². The second-order valence-corrected chi connectivity index (χ2v) is 16.4. The van der Waals surface area contributed by atoms with E-state index in [1.165, 1.54) is 22.3 Å². The first-order valence-corrected chi connectivity index (χ1v) is 19.9. The number of Topliss-reactive ketones (excluding diaryl/α,β-unsaturated/α-hetero) is 1. The lowest BCUT2D eigenvalue weighted by Gasteiger charge is -2.27. The molecule has 0 spiro atoms. The van der Waals surface area contributed by atoms with Gasteiger partial charge in [0.2, 0.25) is 11.5 Å². The fourth-order valence-corrected chi connectivity index (χ4v) is 7.39. The topological polar surface area (TPSA) is 43.6 Å². The number of anilines is 1. The van der Waals surface area contributed by atoms with Crippen LogP contribution >= 0.6 is 63.7 Å².